The standard InChI is InChI=1S/C12H17NO2.C10H14N2/c1-3-15-12(14)11(8-13)10-7-5-4-6-9(10)2;1-9-4-2-3-5-10(9,8-12)6-7-11/h9H,3-7H2,1-2H3;9H,2-6H2,1H3. The van der Waals surface area contributed by atoms with Gasteiger partial charge < -0.3 is 4.74 Å². The Bertz CT molecular complexity index is 663. The van der Waals surface area contributed by atoms with E-state index < -0.39 is 5.97 Å². The van der Waals surface area contributed by atoms with Gasteiger partial charge in [0.15, 0.2) is 0 Å². The van der Waals surface area contributed by atoms with Gasteiger partial charge in [-0.2, -0.15) is 15.8 Å². The summed E-state index contributed by atoms with van der Waals surface area (Å²) in [6, 6.07) is 6.47. The van der Waals surface area contributed by atoms with Crippen molar-refractivity contribution in [2.24, 2.45) is 17.3 Å². The highest BCUT2D eigenvalue weighted by Gasteiger charge is 2.38. The first-order chi connectivity index (χ1) is 13.0. The van der Waals surface area contributed by atoms with Crippen molar-refractivity contribution in [2.75, 3.05) is 6.61 Å². The van der Waals surface area contributed by atoms with Crippen LogP contribution in [0.2, 0.25) is 0 Å². The highest BCUT2D eigenvalue weighted by molar-refractivity contribution is 5.93. The molecular weight excluding hydrogens is 338 g/mol. The van der Waals surface area contributed by atoms with Gasteiger partial charge in [-0.25, -0.2) is 4.79 Å². The van der Waals surface area contributed by atoms with Crippen molar-refractivity contribution in [3.8, 4) is 18.2 Å². The Morgan fingerprint density at radius 2 is 1.85 bits per heavy atom. The third-order valence-corrected chi connectivity index (χ3v) is 5.91. The second-order valence-corrected chi connectivity index (χ2v) is 7.63. The summed E-state index contributed by atoms with van der Waals surface area (Å²) in [4.78, 5) is 11.5. The molecule has 5 heteroatoms. The fourth-order valence-electron chi connectivity index (χ4n) is 4.03. The normalized spacial score (nSPS) is 29.0. The molecule has 0 amide bonds. The zero-order chi connectivity index (χ0) is 20.3. The van der Waals surface area contributed by atoms with Gasteiger partial charge in [-0.05, 0) is 56.4 Å². The maximum absolute atomic E-state index is 11.5. The predicted molar refractivity (Wildman–Crippen MR) is 103 cm³/mol. The quantitative estimate of drug-likeness (QED) is 0.387. The van der Waals surface area contributed by atoms with Crippen molar-refractivity contribution in [1.29, 1.82) is 15.8 Å². The average molecular weight is 370 g/mol. The first-order valence-corrected chi connectivity index (χ1v) is 10.0. The first kappa shape index (κ1) is 22.7. The van der Waals surface area contributed by atoms with Crippen LogP contribution in [0.15, 0.2) is 11.1 Å². The first-order valence-electron chi connectivity index (χ1n) is 10.0. The molecule has 3 unspecified atom stereocenters. The zero-order valence-electron chi connectivity index (χ0n) is 16.9. The van der Waals surface area contributed by atoms with E-state index in [0.29, 0.717) is 24.9 Å². The largest absolute Gasteiger partial charge is 0.462 e. The molecule has 2 fully saturated rings. The number of nitrogens with zero attached hydrogens (tertiary/aromatic N) is 3. The molecule has 2 rings (SSSR count). The number of hydrogen-bond acceptors (Lipinski definition) is 5. The van der Waals surface area contributed by atoms with Crippen LogP contribution >= 0.6 is 0 Å². The van der Waals surface area contributed by atoms with Gasteiger partial charge in [0.1, 0.15) is 11.6 Å². The molecule has 3 atom stereocenters. The predicted octanol–water partition coefficient (Wildman–Crippen LogP) is 5.20. The zero-order valence-corrected chi connectivity index (χ0v) is 16.9. The van der Waals surface area contributed by atoms with Gasteiger partial charge in [0.05, 0.1) is 30.6 Å². The van der Waals surface area contributed by atoms with E-state index in [1.54, 1.807) is 6.92 Å². The Labute approximate surface area is 163 Å². The summed E-state index contributed by atoms with van der Waals surface area (Å²) >= 11 is 0. The minimum Gasteiger partial charge on any atom is -0.462 e. The van der Waals surface area contributed by atoms with Crippen LogP contribution in [0.4, 0.5) is 0 Å². The number of ether oxygens (including phenoxy) is 1. The van der Waals surface area contributed by atoms with E-state index in [1.807, 2.05) is 6.07 Å². The van der Waals surface area contributed by atoms with E-state index in [2.05, 4.69) is 26.0 Å². The van der Waals surface area contributed by atoms with Crippen LogP contribution in [-0.4, -0.2) is 12.6 Å². The molecule has 5 nitrogen and oxygen atoms in total. The Balaban J connectivity index is 0.000000277. The van der Waals surface area contributed by atoms with Crippen LogP contribution in [-0.2, 0) is 9.53 Å². The minimum absolute atomic E-state index is 0.240. The lowest BCUT2D eigenvalue weighted by Crippen LogP contribution is -2.30. The smallest absolute Gasteiger partial charge is 0.348 e. The maximum atomic E-state index is 11.5. The second kappa shape index (κ2) is 11.4. The van der Waals surface area contributed by atoms with Crippen molar-refractivity contribution in [3.05, 3.63) is 11.1 Å². The van der Waals surface area contributed by atoms with Crippen LogP contribution in [0.5, 0.6) is 0 Å². The average Bonchev–Trinajstić information content (AvgIpc) is 2.67. The Hall–Kier alpha value is -2.32. The molecular formula is C22H31N3O2. The molecule has 2 aliphatic carbocycles. The Kier molecular flexibility index (Phi) is 9.60. The van der Waals surface area contributed by atoms with Crippen molar-refractivity contribution in [2.45, 2.75) is 78.6 Å². The summed E-state index contributed by atoms with van der Waals surface area (Å²) in [6.45, 7) is 6.25. The van der Waals surface area contributed by atoms with Gasteiger partial charge in [0.2, 0.25) is 0 Å². The maximum Gasteiger partial charge on any atom is 0.348 e. The number of hydrogen-bond donors (Lipinski definition) is 0. The molecule has 0 aliphatic heterocycles. The molecule has 0 bridgehead atoms. The monoisotopic (exact) mass is 369 g/mol. The fraction of sp³-hybridized carbons (Fsp3) is 0.727. The van der Waals surface area contributed by atoms with Crippen molar-refractivity contribution >= 4 is 5.97 Å². The SMILES string of the molecule is CC1CCCCC1(C#N)CC#N.CCOC(=O)C(C#N)=C1CCCCC1C. The van der Waals surface area contributed by atoms with Gasteiger partial charge in [-0.15, -0.1) is 0 Å². The summed E-state index contributed by atoms with van der Waals surface area (Å²) in [5, 5.41) is 26.7. The van der Waals surface area contributed by atoms with E-state index in [9.17, 15) is 4.79 Å². The summed E-state index contributed by atoms with van der Waals surface area (Å²) in [5.41, 5.74) is 0.902. The fourth-order valence-corrected chi connectivity index (χ4v) is 4.03. The number of carbonyl (C=O) groups excluding carboxylic acids is 1. The van der Waals surface area contributed by atoms with E-state index in [4.69, 9.17) is 20.5 Å². The van der Waals surface area contributed by atoms with E-state index >= 15 is 0 Å². The molecule has 0 radical (unpaired) electrons. The number of esters is 1. The van der Waals surface area contributed by atoms with Crippen molar-refractivity contribution in [1.82, 2.24) is 0 Å². The third-order valence-electron chi connectivity index (χ3n) is 5.91. The molecule has 0 spiro atoms. The lowest BCUT2D eigenvalue weighted by molar-refractivity contribution is -0.138. The Morgan fingerprint density at radius 1 is 1.15 bits per heavy atom. The molecule has 0 heterocycles. The summed E-state index contributed by atoms with van der Waals surface area (Å²) in [7, 11) is 0. The lowest BCUT2D eigenvalue weighted by Gasteiger charge is -2.34. The lowest BCUT2D eigenvalue weighted by atomic mass is 9.66. The summed E-state index contributed by atoms with van der Waals surface area (Å²) < 4.78 is 4.88. The highest BCUT2D eigenvalue weighted by atomic mass is 16.5. The van der Waals surface area contributed by atoms with E-state index in [0.717, 1.165) is 44.1 Å². The van der Waals surface area contributed by atoms with E-state index in [-0.39, 0.29) is 11.0 Å². The molecule has 0 aromatic heterocycles. The summed E-state index contributed by atoms with van der Waals surface area (Å²) in [5.74, 6) is 0.289. The van der Waals surface area contributed by atoms with Gasteiger partial charge in [0, 0.05) is 0 Å². The molecule has 2 saturated carbocycles. The van der Waals surface area contributed by atoms with Crippen LogP contribution in [0, 0.1) is 51.2 Å². The van der Waals surface area contributed by atoms with Crippen LogP contribution < -0.4 is 0 Å². The van der Waals surface area contributed by atoms with Crippen LogP contribution in [0.25, 0.3) is 0 Å². The van der Waals surface area contributed by atoms with Gasteiger partial charge in [-0.1, -0.05) is 33.1 Å². The van der Waals surface area contributed by atoms with Gasteiger partial charge in [0.25, 0.3) is 0 Å². The minimum atomic E-state index is -0.455. The molecule has 0 aromatic rings. The number of nitriles is 3. The molecule has 0 aromatic carbocycles. The van der Waals surface area contributed by atoms with Crippen LogP contribution in [0.3, 0.4) is 0 Å². The highest BCUT2D eigenvalue weighted by Crippen LogP contribution is 2.42. The molecule has 0 N–H and O–H groups in total. The van der Waals surface area contributed by atoms with Crippen LogP contribution in [0.1, 0.15) is 78.6 Å². The van der Waals surface area contributed by atoms with Gasteiger partial charge in [-0.3, -0.25) is 0 Å². The van der Waals surface area contributed by atoms with Gasteiger partial charge >= 0.3 is 5.97 Å². The number of carbonyl (C=O) groups is 1. The number of allylic oxidation sites excluding steroid dienone is 1. The summed E-state index contributed by atoms with van der Waals surface area (Å²) in [6.07, 6.45) is 8.95. The van der Waals surface area contributed by atoms with E-state index in [1.165, 1.54) is 12.8 Å². The number of rotatable bonds is 3. The molecule has 27 heavy (non-hydrogen) atoms. The third kappa shape index (κ3) is 6.11. The molecule has 0 saturated heterocycles. The molecule has 2 aliphatic rings. The topological polar surface area (TPSA) is 97.7 Å². The van der Waals surface area contributed by atoms with Crippen molar-refractivity contribution in [3.63, 3.8) is 0 Å². The van der Waals surface area contributed by atoms with Crippen molar-refractivity contribution < 1.29 is 9.53 Å². The molecule has 146 valence electrons. The second-order valence-electron chi connectivity index (χ2n) is 7.63. The Morgan fingerprint density at radius 3 is 2.37 bits per heavy atom.